The van der Waals surface area contributed by atoms with E-state index in [4.69, 9.17) is 4.99 Å². The number of para-hydroxylation sites is 2. The zero-order valence-corrected chi connectivity index (χ0v) is 17.1. The molecule has 0 unspecified atom stereocenters. The van der Waals surface area contributed by atoms with Crippen molar-refractivity contribution in [3.05, 3.63) is 89.5 Å². The molecule has 0 aliphatic carbocycles. The van der Waals surface area contributed by atoms with Crippen molar-refractivity contribution in [2.24, 2.45) is 4.99 Å². The van der Waals surface area contributed by atoms with Gasteiger partial charge < -0.3 is 10.2 Å². The van der Waals surface area contributed by atoms with Crippen LogP contribution in [0.15, 0.2) is 77.8 Å². The molecule has 0 fully saturated rings. The number of aryl methyl sites for hydroxylation is 1. The fourth-order valence-electron chi connectivity index (χ4n) is 3.54. The predicted octanol–water partition coefficient (Wildman–Crippen LogP) is 4.80. The fraction of sp³-hybridized carbons (Fsp3) is 0.160. The van der Waals surface area contributed by atoms with E-state index in [0.717, 1.165) is 22.4 Å². The second-order valence-electron chi connectivity index (χ2n) is 7.37. The number of fused-ring (bicyclic) bond motifs is 1. The molecule has 0 spiro atoms. The van der Waals surface area contributed by atoms with Crippen molar-refractivity contribution in [1.82, 2.24) is 0 Å². The number of nitrogens with one attached hydrogen (secondary N) is 1. The number of hydrogen-bond donors (Lipinski definition) is 1. The van der Waals surface area contributed by atoms with Gasteiger partial charge in [0.2, 0.25) is 11.8 Å². The van der Waals surface area contributed by atoms with Gasteiger partial charge >= 0.3 is 0 Å². The van der Waals surface area contributed by atoms with E-state index in [-0.39, 0.29) is 24.8 Å². The zero-order chi connectivity index (χ0) is 21.1. The molecule has 1 N–H and O–H groups in total. The molecule has 0 saturated heterocycles. The molecular formula is C25H23N3O2. The van der Waals surface area contributed by atoms with Gasteiger partial charge in [0.25, 0.3) is 0 Å². The monoisotopic (exact) mass is 397 g/mol. The van der Waals surface area contributed by atoms with Crippen molar-refractivity contribution in [3.63, 3.8) is 0 Å². The van der Waals surface area contributed by atoms with E-state index in [1.807, 2.05) is 86.6 Å². The first-order valence-electron chi connectivity index (χ1n) is 9.91. The number of carbonyl (C=O) groups excluding carboxylic acids is 2. The van der Waals surface area contributed by atoms with Crippen molar-refractivity contribution in [2.75, 3.05) is 16.8 Å². The number of nitrogens with zero attached hydrogens (tertiary/aromatic N) is 2. The maximum absolute atomic E-state index is 13.1. The molecule has 5 heteroatoms. The second kappa shape index (κ2) is 8.33. The molecule has 3 aromatic carbocycles. The highest BCUT2D eigenvalue weighted by Crippen LogP contribution is 2.33. The molecule has 1 heterocycles. The third-order valence-corrected chi connectivity index (χ3v) is 5.34. The van der Waals surface area contributed by atoms with Crippen molar-refractivity contribution < 1.29 is 9.59 Å². The minimum Gasteiger partial charge on any atom is -0.324 e. The number of rotatable bonds is 4. The smallest absolute Gasteiger partial charge is 0.244 e. The number of benzene rings is 3. The van der Waals surface area contributed by atoms with Crippen molar-refractivity contribution in [1.29, 1.82) is 0 Å². The van der Waals surface area contributed by atoms with Crippen LogP contribution in [-0.4, -0.2) is 24.1 Å². The standard InChI is InChI=1S/C25H23N3O2/c1-17-9-8-13-20(18(17)2)27-24(29)16-28-23-14-7-6-12-21(23)26-22(15-25(28)30)19-10-4-3-5-11-19/h3-14H,15-16H2,1-2H3,(H,27,29). The average molecular weight is 397 g/mol. The van der Waals surface area contributed by atoms with Gasteiger partial charge in [0, 0.05) is 5.69 Å². The Morgan fingerprint density at radius 2 is 1.70 bits per heavy atom. The zero-order valence-electron chi connectivity index (χ0n) is 17.1. The van der Waals surface area contributed by atoms with Gasteiger partial charge in [0.05, 0.1) is 23.5 Å². The van der Waals surface area contributed by atoms with Gasteiger partial charge in [-0.15, -0.1) is 0 Å². The van der Waals surface area contributed by atoms with Crippen LogP contribution < -0.4 is 10.2 Å². The third-order valence-electron chi connectivity index (χ3n) is 5.34. The van der Waals surface area contributed by atoms with Crippen LogP contribution in [0.5, 0.6) is 0 Å². The molecule has 2 amide bonds. The van der Waals surface area contributed by atoms with Crippen LogP contribution in [0.4, 0.5) is 17.1 Å². The van der Waals surface area contributed by atoms with E-state index in [0.29, 0.717) is 17.1 Å². The minimum atomic E-state index is -0.241. The minimum absolute atomic E-state index is 0.0686. The summed E-state index contributed by atoms with van der Waals surface area (Å²) in [7, 11) is 0. The van der Waals surface area contributed by atoms with Crippen LogP contribution in [0.2, 0.25) is 0 Å². The molecule has 0 saturated carbocycles. The maximum Gasteiger partial charge on any atom is 0.244 e. The van der Waals surface area contributed by atoms with Crippen LogP contribution in [0, 0.1) is 13.8 Å². The molecule has 1 aliphatic heterocycles. The molecule has 0 aromatic heterocycles. The summed E-state index contributed by atoms with van der Waals surface area (Å²) in [6, 6.07) is 22.9. The highest BCUT2D eigenvalue weighted by atomic mass is 16.2. The van der Waals surface area contributed by atoms with Gasteiger partial charge in [-0.1, -0.05) is 54.6 Å². The van der Waals surface area contributed by atoms with E-state index in [1.165, 1.54) is 4.90 Å². The summed E-state index contributed by atoms with van der Waals surface area (Å²) in [5.41, 5.74) is 5.81. The van der Waals surface area contributed by atoms with Crippen molar-refractivity contribution in [2.45, 2.75) is 20.3 Å². The van der Waals surface area contributed by atoms with Gasteiger partial charge in [0.1, 0.15) is 6.54 Å². The first-order chi connectivity index (χ1) is 14.5. The summed E-state index contributed by atoms with van der Waals surface area (Å²) in [5, 5.41) is 2.94. The molecule has 4 rings (SSSR count). The highest BCUT2D eigenvalue weighted by molar-refractivity contribution is 6.19. The lowest BCUT2D eigenvalue weighted by molar-refractivity contribution is -0.120. The summed E-state index contributed by atoms with van der Waals surface area (Å²) in [5.74, 6) is -0.395. The molecular weight excluding hydrogens is 374 g/mol. The molecule has 3 aromatic rings. The lowest BCUT2D eigenvalue weighted by Crippen LogP contribution is -2.38. The fourth-order valence-corrected chi connectivity index (χ4v) is 3.54. The Balaban J connectivity index is 1.61. The van der Waals surface area contributed by atoms with E-state index < -0.39 is 0 Å². The number of aliphatic imine (C=N–C) groups is 1. The summed E-state index contributed by atoms with van der Waals surface area (Å²) >= 11 is 0. The lowest BCUT2D eigenvalue weighted by atomic mass is 10.1. The topological polar surface area (TPSA) is 61.8 Å². The number of carbonyl (C=O) groups is 2. The summed E-state index contributed by atoms with van der Waals surface area (Å²) < 4.78 is 0. The molecule has 1 aliphatic rings. The van der Waals surface area contributed by atoms with E-state index in [1.54, 1.807) is 0 Å². The predicted molar refractivity (Wildman–Crippen MR) is 121 cm³/mol. The first kappa shape index (κ1) is 19.6. The Labute approximate surface area is 176 Å². The third kappa shape index (κ3) is 4.01. The molecule has 5 nitrogen and oxygen atoms in total. The van der Waals surface area contributed by atoms with Gasteiger partial charge in [-0.2, -0.15) is 0 Å². The Hall–Kier alpha value is -3.73. The van der Waals surface area contributed by atoms with E-state index >= 15 is 0 Å². The van der Waals surface area contributed by atoms with Gasteiger partial charge in [-0.05, 0) is 48.7 Å². The van der Waals surface area contributed by atoms with Gasteiger partial charge in [-0.3, -0.25) is 14.6 Å². The average Bonchev–Trinajstić information content (AvgIpc) is 2.89. The second-order valence-corrected chi connectivity index (χ2v) is 7.37. The molecule has 0 radical (unpaired) electrons. The lowest BCUT2D eigenvalue weighted by Gasteiger charge is -2.22. The Bertz CT molecular complexity index is 1140. The summed E-state index contributed by atoms with van der Waals surface area (Å²) in [6.45, 7) is 3.90. The quantitative estimate of drug-likeness (QED) is 0.687. The van der Waals surface area contributed by atoms with Crippen LogP contribution >= 0.6 is 0 Å². The van der Waals surface area contributed by atoms with Crippen LogP contribution in [0.1, 0.15) is 23.1 Å². The number of hydrogen-bond acceptors (Lipinski definition) is 3. The molecule has 0 bridgehead atoms. The normalized spacial score (nSPS) is 13.3. The van der Waals surface area contributed by atoms with Gasteiger partial charge in [0.15, 0.2) is 0 Å². The van der Waals surface area contributed by atoms with Crippen molar-refractivity contribution in [3.8, 4) is 0 Å². The molecule has 0 atom stereocenters. The molecule has 150 valence electrons. The summed E-state index contributed by atoms with van der Waals surface area (Å²) in [6.07, 6.45) is 0.134. The van der Waals surface area contributed by atoms with Crippen LogP contribution in [0.3, 0.4) is 0 Å². The number of amides is 2. The van der Waals surface area contributed by atoms with E-state index in [9.17, 15) is 9.59 Å². The SMILES string of the molecule is Cc1cccc(NC(=O)CN2C(=O)CC(c3ccccc3)=Nc3ccccc32)c1C. The molecule has 30 heavy (non-hydrogen) atoms. The highest BCUT2D eigenvalue weighted by Gasteiger charge is 2.26. The van der Waals surface area contributed by atoms with Crippen LogP contribution in [0.25, 0.3) is 0 Å². The van der Waals surface area contributed by atoms with Crippen molar-refractivity contribution >= 4 is 34.6 Å². The Morgan fingerprint density at radius 1 is 0.967 bits per heavy atom. The number of anilines is 2. The first-order valence-corrected chi connectivity index (χ1v) is 9.91. The largest absolute Gasteiger partial charge is 0.324 e. The van der Waals surface area contributed by atoms with Crippen LogP contribution in [-0.2, 0) is 9.59 Å². The maximum atomic E-state index is 13.1. The van der Waals surface area contributed by atoms with E-state index in [2.05, 4.69) is 5.32 Å². The summed E-state index contributed by atoms with van der Waals surface area (Å²) in [4.78, 5) is 32.2. The van der Waals surface area contributed by atoms with Gasteiger partial charge in [-0.25, -0.2) is 0 Å². The Kier molecular flexibility index (Phi) is 5.44. The Morgan fingerprint density at radius 3 is 2.50 bits per heavy atom.